The zero-order valence-electron chi connectivity index (χ0n) is 12.5. The zero-order valence-corrected chi connectivity index (χ0v) is 14.8. The summed E-state index contributed by atoms with van der Waals surface area (Å²) in [5, 5.41) is 3.15. The predicted molar refractivity (Wildman–Crippen MR) is 91.3 cm³/mol. The number of benzene rings is 2. The second kappa shape index (κ2) is 7.48. The first-order chi connectivity index (χ1) is 11.2. The third kappa shape index (κ3) is 4.45. The molecule has 0 fully saturated rings. The number of halogens is 3. The van der Waals surface area contributed by atoms with E-state index >= 15 is 0 Å². The van der Waals surface area contributed by atoms with Crippen LogP contribution in [0.25, 0.3) is 0 Å². The van der Waals surface area contributed by atoms with Gasteiger partial charge in [0.2, 0.25) is 15.9 Å². The molecule has 24 heavy (non-hydrogen) atoms. The molecule has 1 N–H and O–H groups in total. The fraction of sp³-hybridized carbons (Fsp3) is 0.133. The van der Waals surface area contributed by atoms with E-state index in [0.29, 0.717) is 10.7 Å². The highest BCUT2D eigenvalue weighted by Gasteiger charge is 2.23. The molecule has 2 aromatic rings. The molecule has 0 aliphatic carbocycles. The van der Waals surface area contributed by atoms with Gasteiger partial charge in [-0.25, -0.2) is 12.8 Å². The molecule has 0 aliphatic rings. The number of rotatable bonds is 5. The van der Waals surface area contributed by atoms with Crippen LogP contribution < -0.4 is 5.32 Å². The summed E-state index contributed by atoms with van der Waals surface area (Å²) in [5.74, 6) is -1.13. The number of likely N-dealkylation sites (N-methyl/N-ethyl adjacent to an activating group) is 1. The van der Waals surface area contributed by atoms with E-state index < -0.39 is 28.3 Å². The minimum absolute atomic E-state index is 0.108. The SMILES string of the molecule is CN(CC(=O)Nc1ccc(Cl)cc1Cl)S(=O)(=O)c1ccc(F)cc1. The van der Waals surface area contributed by atoms with E-state index in [1.54, 1.807) is 6.07 Å². The predicted octanol–water partition coefficient (Wildman–Crippen LogP) is 3.39. The van der Waals surface area contributed by atoms with E-state index in [0.717, 1.165) is 28.6 Å². The minimum Gasteiger partial charge on any atom is -0.324 e. The van der Waals surface area contributed by atoms with Crippen LogP contribution in [0, 0.1) is 5.82 Å². The molecule has 128 valence electrons. The summed E-state index contributed by atoms with van der Waals surface area (Å²) in [6, 6.07) is 8.85. The number of nitrogens with zero attached hydrogens (tertiary/aromatic N) is 1. The smallest absolute Gasteiger partial charge is 0.243 e. The van der Waals surface area contributed by atoms with Gasteiger partial charge in [0.25, 0.3) is 0 Å². The van der Waals surface area contributed by atoms with Gasteiger partial charge in [0.15, 0.2) is 0 Å². The third-order valence-electron chi connectivity index (χ3n) is 3.09. The normalized spacial score (nSPS) is 11.5. The van der Waals surface area contributed by atoms with Gasteiger partial charge in [0.1, 0.15) is 5.82 Å². The maximum atomic E-state index is 12.9. The van der Waals surface area contributed by atoms with E-state index in [2.05, 4.69) is 5.32 Å². The third-order valence-corrected chi connectivity index (χ3v) is 5.46. The first-order valence-corrected chi connectivity index (χ1v) is 8.86. The van der Waals surface area contributed by atoms with Crippen molar-refractivity contribution in [2.24, 2.45) is 0 Å². The van der Waals surface area contributed by atoms with Crippen LogP contribution in [-0.4, -0.2) is 32.2 Å². The highest BCUT2D eigenvalue weighted by Crippen LogP contribution is 2.25. The topological polar surface area (TPSA) is 66.5 Å². The molecule has 0 heterocycles. The maximum Gasteiger partial charge on any atom is 0.243 e. The van der Waals surface area contributed by atoms with E-state index in [9.17, 15) is 17.6 Å². The first kappa shape index (κ1) is 18.7. The van der Waals surface area contributed by atoms with Crippen molar-refractivity contribution in [3.8, 4) is 0 Å². The van der Waals surface area contributed by atoms with Gasteiger partial charge < -0.3 is 5.32 Å². The fourth-order valence-electron chi connectivity index (χ4n) is 1.85. The largest absolute Gasteiger partial charge is 0.324 e. The molecule has 2 aromatic carbocycles. The van der Waals surface area contributed by atoms with E-state index in [1.807, 2.05) is 0 Å². The molecule has 2 rings (SSSR count). The molecular weight excluding hydrogens is 378 g/mol. The van der Waals surface area contributed by atoms with Crippen molar-refractivity contribution >= 4 is 44.8 Å². The van der Waals surface area contributed by atoms with Crippen LogP contribution in [0.2, 0.25) is 10.0 Å². The van der Waals surface area contributed by atoms with Crippen molar-refractivity contribution in [3.05, 3.63) is 58.3 Å². The van der Waals surface area contributed by atoms with Crippen molar-refractivity contribution in [2.75, 3.05) is 18.9 Å². The average Bonchev–Trinajstić information content (AvgIpc) is 2.50. The Morgan fingerprint density at radius 1 is 1.17 bits per heavy atom. The molecule has 1 amide bonds. The minimum atomic E-state index is -3.91. The van der Waals surface area contributed by atoms with E-state index in [4.69, 9.17) is 23.2 Å². The van der Waals surface area contributed by atoms with Gasteiger partial charge in [-0.2, -0.15) is 4.31 Å². The lowest BCUT2D eigenvalue weighted by Crippen LogP contribution is -2.35. The van der Waals surface area contributed by atoms with Crippen LogP contribution in [-0.2, 0) is 14.8 Å². The highest BCUT2D eigenvalue weighted by molar-refractivity contribution is 7.89. The van der Waals surface area contributed by atoms with Crippen LogP contribution in [0.5, 0.6) is 0 Å². The fourth-order valence-corrected chi connectivity index (χ4v) is 3.44. The molecule has 0 spiro atoms. The average molecular weight is 391 g/mol. The van der Waals surface area contributed by atoms with Crippen molar-refractivity contribution in [3.63, 3.8) is 0 Å². The van der Waals surface area contributed by atoms with Crippen LogP contribution in [0.15, 0.2) is 47.4 Å². The van der Waals surface area contributed by atoms with Gasteiger partial charge in [-0.1, -0.05) is 23.2 Å². The summed E-state index contributed by atoms with van der Waals surface area (Å²) in [4.78, 5) is 11.9. The standard InChI is InChI=1S/C15H13Cl2FN2O3S/c1-20(24(22,23)12-5-3-11(18)4-6-12)9-15(21)19-14-7-2-10(16)8-13(14)17/h2-8H,9H2,1H3,(H,19,21). The number of nitrogens with one attached hydrogen (secondary N) is 1. The number of sulfonamides is 1. The highest BCUT2D eigenvalue weighted by atomic mass is 35.5. The van der Waals surface area contributed by atoms with Gasteiger partial charge >= 0.3 is 0 Å². The summed E-state index contributed by atoms with van der Waals surface area (Å²) in [7, 11) is -2.66. The molecule has 0 aromatic heterocycles. The Balaban J connectivity index is 2.09. The van der Waals surface area contributed by atoms with Crippen molar-refractivity contribution in [1.82, 2.24) is 4.31 Å². The molecule has 0 saturated carbocycles. The monoisotopic (exact) mass is 390 g/mol. The second-order valence-corrected chi connectivity index (χ2v) is 7.78. The van der Waals surface area contributed by atoms with Gasteiger partial charge in [-0.05, 0) is 42.5 Å². The van der Waals surface area contributed by atoms with E-state index in [1.165, 1.54) is 19.2 Å². The van der Waals surface area contributed by atoms with Crippen LogP contribution >= 0.6 is 23.2 Å². The molecule has 0 saturated heterocycles. The Kier molecular flexibility index (Phi) is 5.82. The molecule has 0 unspecified atom stereocenters. The summed E-state index contributed by atoms with van der Waals surface area (Å²) in [6.45, 7) is -0.432. The number of carbonyl (C=O) groups excluding carboxylic acids is 1. The number of carbonyl (C=O) groups is 1. The summed E-state index contributed by atoms with van der Waals surface area (Å²) < 4.78 is 38.4. The maximum absolute atomic E-state index is 12.9. The van der Waals surface area contributed by atoms with Crippen LogP contribution in [0.4, 0.5) is 10.1 Å². The Morgan fingerprint density at radius 2 is 1.79 bits per heavy atom. The van der Waals surface area contributed by atoms with Crippen LogP contribution in [0.1, 0.15) is 0 Å². The van der Waals surface area contributed by atoms with Gasteiger partial charge in [-0.15, -0.1) is 0 Å². The number of hydrogen-bond donors (Lipinski definition) is 1. The lowest BCUT2D eigenvalue weighted by atomic mass is 10.3. The zero-order chi connectivity index (χ0) is 17.9. The molecule has 0 radical (unpaired) electrons. The quantitative estimate of drug-likeness (QED) is 0.850. The summed E-state index contributed by atoms with van der Waals surface area (Å²) in [6.07, 6.45) is 0. The van der Waals surface area contributed by atoms with Gasteiger partial charge in [-0.3, -0.25) is 4.79 Å². The Bertz CT molecular complexity index is 858. The summed E-state index contributed by atoms with van der Waals surface area (Å²) in [5.41, 5.74) is 0.318. The number of anilines is 1. The number of hydrogen-bond acceptors (Lipinski definition) is 3. The van der Waals surface area contributed by atoms with Crippen LogP contribution in [0.3, 0.4) is 0 Å². The molecule has 0 bridgehead atoms. The Hall–Kier alpha value is -1.67. The van der Waals surface area contributed by atoms with Crippen molar-refractivity contribution in [2.45, 2.75) is 4.90 Å². The molecule has 5 nitrogen and oxygen atoms in total. The van der Waals surface area contributed by atoms with Gasteiger partial charge in [0, 0.05) is 12.1 Å². The Labute approximate surface area is 149 Å². The molecule has 0 atom stereocenters. The van der Waals surface area contributed by atoms with Crippen molar-refractivity contribution in [1.29, 1.82) is 0 Å². The first-order valence-electron chi connectivity index (χ1n) is 6.67. The molecule has 0 aliphatic heterocycles. The molecular formula is C15H13Cl2FN2O3S. The molecule has 9 heteroatoms. The Morgan fingerprint density at radius 3 is 2.38 bits per heavy atom. The second-order valence-electron chi connectivity index (χ2n) is 4.89. The summed E-state index contributed by atoms with van der Waals surface area (Å²) >= 11 is 11.7. The van der Waals surface area contributed by atoms with Crippen molar-refractivity contribution < 1.29 is 17.6 Å². The van der Waals surface area contributed by atoms with E-state index in [-0.39, 0.29) is 9.92 Å². The lowest BCUT2D eigenvalue weighted by Gasteiger charge is -2.17. The lowest BCUT2D eigenvalue weighted by molar-refractivity contribution is -0.116. The number of amides is 1. The van der Waals surface area contributed by atoms with Gasteiger partial charge in [0.05, 0.1) is 22.2 Å².